The van der Waals surface area contributed by atoms with Crippen LogP contribution in [-0.2, 0) is 17.6 Å². The maximum absolute atomic E-state index is 12.5. The molecular weight excluding hydrogens is 406 g/mol. The fourth-order valence-electron chi connectivity index (χ4n) is 3.55. The molecule has 0 fully saturated rings. The zero-order valence-corrected chi connectivity index (χ0v) is 17.6. The van der Waals surface area contributed by atoms with Crippen molar-refractivity contribution in [2.45, 2.75) is 33.1 Å². The number of benzene rings is 1. The Bertz CT molecular complexity index is 1000. The quantitative estimate of drug-likeness (QED) is 0.426. The summed E-state index contributed by atoms with van der Waals surface area (Å²) in [4.78, 5) is 26.0. The number of urea groups is 1. The second-order valence-electron chi connectivity index (χ2n) is 7.21. The highest BCUT2D eigenvalue weighted by atomic mass is 32.1. The second-order valence-corrected chi connectivity index (χ2v) is 8.32. The molecule has 2 aliphatic rings. The van der Waals surface area contributed by atoms with Crippen LogP contribution in [0.5, 0.6) is 11.5 Å². The highest BCUT2D eigenvalue weighted by molar-refractivity contribution is 7.17. The number of hydrazone groups is 1. The van der Waals surface area contributed by atoms with Gasteiger partial charge in [0.15, 0.2) is 11.5 Å². The van der Waals surface area contributed by atoms with E-state index in [4.69, 9.17) is 14.2 Å². The molecule has 2 heterocycles. The van der Waals surface area contributed by atoms with Gasteiger partial charge in [-0.15, -0.1) is 11.3 Å². The highest BCUT2D eigenvalue weighted by Crippen LogP contribution is 2.40. The van der Waals surface area contributed by atoms with Gasteiger partial charge in [0.05, 0.1) is 18.4 Å². The van der Waals surface area contributed by atoms with E-state index in [1.165, 1.54) is 17.6 Å². The predicted octanol–water partition coefficient (Wildman–Crippen LogP) is 3.93. The van der Waals surface area contributed by atoms with E-state index < -0.39 is 12.0 Å². The summed E-state index contributed by atoms with van der Waals surface area (Å²) in [5, 5.41) is 7.24. The summed E-state index contributed by atoms with van der Waals surface area (Å²) in [5.74, 6) is 1.48. The molecule has 8 nitrogen and oxygen atoms in total. The number of esters is 1. The van der Waals surface area contributed by atoms with Gasteiger partial charge in [0.1, 0.15) is 5.00 Å². The van der Waals surface area contributed by atoms with Crippen LogP contribution in [0.25, 0.3) is 0 Å². The van der Waals surface area contributed by atoms with E-state index in [1.807, 2.05) is 6.07 Å². The molecule has 1 atom stereocenters. The number of thiophene rings is 1. The van der Waals surface area contributed by atoms with E-state index in [-0.39, 0.29) is 13.4 Å². The summed E-state index contributed by atoms with van der Waals surface area (Å²) >= 11 is 1.44. The lowest BCUT2D eigenvalue weighted by molar-refractivity contribution is 0.0526. The third kappa shape index (κ3) is 4.25. The summed E-state index contributed by atoms with van der Waals surface area (Å²) in [6, 6.07) is 4.85. The lowest BCUT2D eigenvalue weighted by atomic mass is 9.88. The minimum Gasteiger partial charge on any atom is -0.462 e. The summed E-state index contributed by atoms with van der Waals surface area (Å²) in [5.41, 5.74) is 4.66. The van der Waals surface area contributed by atoms with Crippen molar-refractivity contribution in [1.29, 1.82) is 0 Å². The smallest absolute Gasteiger partial charge is 0.341 e. The van der Waals surface area contributed by atoms with E-state index in [1.54, 1.807) is 19.1 Å². The van der Waals surface area contributed by atoms with Crippen molar-refractivity contribution in [3.63, 3.8) is 0 Å². The normalized spacial score (nSPS) is 16.9. The third-order valence-corrected chi connectivity index (χ3v) is 6.16. The summed E-state index contributed by atoms with van der Waals surface area (Å²) < 4.78 is 15.8. The summed E-state index contributed by atoms with van der Waals surface area (Å²) in [6.07, 6.45) is 4.24. The van der Waals surface area contributed by atoms with E-state index in [0.717, 1.165) is 35.3 Å². The zero-order valence-electron chi connectivity index (χ0n) is 16.8. The fraction of sp³-hybridized carbons (Fsp3) is 0.381. The van der Waals surface area contributed by atoms with Gasteiger partial charge in [-0.2, -0.15) is 5.10 Å². The third-order valence-electron chi connectivity index (χ3n) is 4.99. The molecule has 2 amide bonds. The molecule has 0 bridgehead atoms. The van der Waals surface area contributed by atoms with E-state index in [2.05, 4.69) is 22.8 Å². The van der Waals surface area contributed by atoms with Crippen molar-refractivity contribution in [2.24, 2.45) is 11.0 Å². The Morgan fingerprint density at radius 2 is 2.17 bits per heavy atom. The van der Waals surface area contributed by atoms with Crippen LogP contribution >= 0.6 is 11.3 Å². The van der Waals surface area contributed by atoms with Gasteiger partial charge in [-0.3, -0.25) is 5.32 Å². The van der Waals surface area contributed by atoms with Crippen LogP contribution < -0.4 is 20.2 Å². The molecule has 1 aromatic carbocycles. The van der Waals surface area contributed by atoms with Crippen molar-refractivity contribution in [3.8, 4) is 11.5 Å². The largest absolute Gasteiger partial charge is 0.462 e. The maximum atomic E-state index is 12.5. The number of rotatable bonds is 5. The summed E-state index contributed by atoms with van der Waals surface area (Å²) in [6.45, 7) is 4.44. The molecule has 2 N–H and O–H groups in total. The molecule has 0 spiro atoms. The summed E-state index contributed by atoms with van der Waals surface area (Å²) in [7, 11) is 0. The van der Waals surface area contributed by atoms with E-state index >= 15 is 0 Å². The molecule has 158 valence electrons. The first kappa shape index (κ1) is 20.2. The molecular formula is C21H23N3O5S. The Kier molecular flexibility index (Phi) is 5.89. The average Bonchev–Trinajstić information content (AvgIpc) is 3.31. The number of fused-ring (bicyclic) bond motifs is 2. The number of carbonyl (C=O) groups is 2. The number of nitrogens with zero attached hydrogens (tertiary/aromatic N) is 1. The molecule has 0 saturated heterocycles. The first-order valence-corrected chi connectivity index (χ1v) is 10.7. The minimum atomic E-state index is -0.524. The molecule has 9 heteroatoms. The monoisotopic (exact) mass is 429 g/mol. The lowest BCUT2D eigenvalue weighted by Gasteiger charge is -2.18. The van der Waals surface area contributed by atoms with E-state index in [9.17, 15) is 9.59 Å². The molecule has 1 aliphatic carbocycles. The second kappa shape index (κ2) is 8.74. The van der Waals surface area contributed by atoms with Crippen molar-refractivity contribution in [3.05, 3.63) is 39.8 Å². The van der Waals surface area contributed by atoms with Crippen molar-refractivity contribution in [1.82, 2.24) is 5.43 Å². The Hall–Kier alpha value is -3.07. The molecule has 2 aromatic rings. The maximum Gasteiger partial charge on any atom is 0.341 e. The highest BCUT2D eigenvalue weighted by Gasteiger charge is 2.29. The topological polar surface area (TPSA) is 98.2 Å². The van der Waals surface area contributed by atoms with Gasteiger partial charge in [-0.25, -0.2) is 15.0 Å². The molecule has 4 rings (SSSR count). The molecule has 0 radical (unpaired) electrons. The van der Waals surface area contributed by atoms with Crippen LogP contribution in [0.3, 0.4) is 0 Å². The minimum absolute atomic E-state index is 0.197. The zero-order chi connectivity index (χ0) is 21.1. The van der Waals surface area contributed by atoms with Gasteiger partial charge in [-0.05, 0) is 61.4 Å². The molecule has 1 aliphatic heterocycles. The Balaban J connectivity index is 1.45. The Labute approximate surface area is 178 Å². The van der Waals surface area contributed by atoms with Crippen LogP contribution in [-0.4, -0.2) is 31.6 Å². The molecule has 0 saturated carbocycles. The number of anilines is 1. The number of amides is 2. The number of hydrogen-bond donors (Lipinski definition) is 2. The van der Waals surface area contributed by atoms with E-state index in [0.29, 0.717) is 28.0 Å². The predicted molar refractivity (Wildman–Crippen MR) is 114 cm³/mol. The van der Waals surface area contributed by atoms with Crippen molar-refractivity contribution >= 4 is 34.6 Å². The number of nitrogens with one attached hydrogen (secondary N) is 2. The number of ether oxygens (including phenoxy) is 3. The van der Waals surface area contributed by atoms with Crippen LogP contribution in [0, 0.1) is 5.92 Å². The van der Waals surface area contributed by atoms with Gasteiger partial charge >= 0.3 is 12.0 Å². The number of carbonyl (C=O) groups excluding carboxylic acids is 2. The molecule has 30 heavy (non-hydrogen) atoms. The van der Waals surface area contributed by atoms with Crippen molar-refractivity contribution < 1.29 is 23.8 Å². The van der Waals surface area contributed by atoms with Crippen LogP contribution in [0.1, 0.15) is 46.6 Å². The first-order valence-electron chi connectivity index (χ1n) is 9.86. The van der Waals surface area contributed by atoms with Gasteiger partial charge < -0.3 is 14.2 Å². The fourth-order valence-corrected chi connectivity index (χ4v) is 4.94. The van der Waals surface area contributed by atoms with Crippen LogP contribution in [0.4, 0.5) is 9.80 Å². The van der Waals surface area contributed by atoms with Crippen LogP contribution in [0.15, 0.2) is 23.3 Å². The van der Waals surface area contributed by atoms with Crippen molar-refractivity contribution in [2.75, 3.05) is 18.7 Å². The average molecular weight is 429 g/mol. The van der Waals surface area contributed by atoms with Crippen LogP contribution in [0.2, 0.25) is 0 Å². The Morgan fingerprint density at radius 3 is 3.00 bits per heavy atom. The van der Waals surface area contributed by atoms with Gasteiger partial charge in [-0.1, -0.05) is 6.92 Å². The molecule has 1 unspecified atom stereocenters. The molecule has 1 aromatic heterocycles. The SMILES string of the molecule is CCOC(=O)c1c(NC(=O)N/N=C/c2ccc3c(c2)OCO3)sc2c1CCC(C)C2. The van der Waals surface area contributed by atoms with Gasteiger partial charge in [0, 0.05) is 4.88 Å². The standard InChI is InChI=1S/C21H23N3O5S/c1-3-27-20(25)18-14-6-4-12(2)8-17(14)30-19(18)23-21(26)24-22-10-13-5-7-15-16(9-13)29-11-28-15/h5,7,9-10,12H,3-4,6,8,11H2,1-2H3,(H2,23,24,26)/b22-10+. The van der Waals surface area contributed by atoms with Gasteiger partial charge in [0.2, 0.25) is 6.79 Å². The Morgan fingerprint density at radius 1 is 1.33 bits per heavy atom. The van der Waals surface area contributed by atoms with Gasteiger partial charge in [0.25, 0.3) is 0 Å². The lowest BCUT2D eigenvalue weighted by Crippen LogP contribution is -2.25. The first-order chi connectivity index (χ1) is 14.5. The number of hydrogen-bond acceptors (Lipinski definition) is 7.